The minimum absolute atomic E-state index is 0.136. The number of hydrogen-bond donors (Lipinski definition) is 2. The lowest BCUT2D eigenvalue weighted by Crippen LogP contribution is -2.33. The van der Waals surface area contributed by atoms with E-state index in [1.807, 2.05) is 0 Å². The molecule has 0 aromatic carbocycles. The van der Waals surface area contributed by atoms with Crippen molar-refractivity contribution in [2.24, 2.45) is 0 Å². The summed E-state index contributed by atoms with van der Waals surface area (Å²) in [6, 6.07) is 0. The van der Waals surface area contributed by atoms with Crippen molar-refractivity contribution in [2.75, 3.05) is 13.2 Å². The van der Waals surface area contributed by atoms with E-state index in [0.29, 0.717) is 17.1 Å². The van der Waals surface area contributed by atoms with Gasteiger partial charge in [0.25, 0.3) is 0 Å². The highest BCUT2D eigenvalue weighted by Crippen LogP contribution is 2.15. The highest BCUT2D eigenvalue weighted by Gasteiger charge is 2.34. The monoisotopic (exact) mass is 164 g/mol. The molecule has 1 fully saturated rings. The van der Waals surface area contributed by atoms with Crippen molar-refractivity contribution in [3.05, 3.63) is 0 Å². The van der Waals surface area contributed by atoms with Crippen LogP contribution >= 0.6 is 0 Å². The van der Waals surface area contributed by atoms with E-state index in [0.717, 1.165) is 0 Å². The molecule has 1 aliphatic heterocycles. The maximum Gasteiger partial charge on any atom is 0.146 e. The predicted molar refractivity (Wildman–Crippen MR) is 37.6 cm³/mol. The molecule has 0 bridgehead atoms. The van der Waals surface area contributed by atoms with Crippen LogP contribution in [0.15, 0.2) is 0 Å². The fraction of sp³-hybridized carbons (Fsp3) is 1.00. The second-order valence-corrected chi connectivity index (χ2v) is 2.79. The number of aliphatic hydroxyl groups is 2. The lowest BCUT2D eigenvalue weighted by atomic mass is 10.2. The quantitative estimate of drug-likeness (QED) is 0.440. The van der Waals surface area contributed by atoms with E-state index in [9.17, 15) is 5.11 Å². The van der Waals surface area contributed by atoms with Crippen LogP contribution in [0.3, 0.4) is 0 Å². The van der Waals surface area contributed by atoms with E-state index in [4.69, 9.17) is 14.3 Å². The summed E-state index contributed by atoms with van der Waals surface area (Å²) in [5.41, 5.74) is 0. The minimum Gasteiger partial charge on any atom is -0.420 e. The van der Waals surface area contributed by atoms with Gasteiger partial charge in [-0.3, -0.25) is 0 Å². The third kappa shape index (κ3) is 1.38. The van der Waals surface area contributed by atoms with Gasteiger partial charge in [-0.05, 0) is 0 Å². The average Bonchev–Trinajstić information content (AvgIpc) is 2.30. The molecule has 1 aliphatic rings. The van der Waals surface area contributed by atoms with Gasteiger partial charge in [0.2, 0.25) is 0 Å². The van der Waals surface area contributed by atoms with E-state index in [1.165, 1.54) is 0 Å². The fourth-order valence-electron chi connectivity index (χ4n) is 1.02. The molecule has 60 valence electrons. The van der Waals surface area contributed by atoms with E-state index in [-0.39, 0.29) is 12.7 Å². The van der Waals surface area contributed by atoms with Crippen LogP contribution in [-0.4, -0.2) is 52.2 Å². The topological polar surface area (TPSA) is 58.9 Å². The number of hydrogen-bond acceptors (Lipinski definition) is 4. The Morgan fingerprint density at radius 3 is 2.70 bits per heavy atom. The second kappa shape index (κ2) is 3.45. The Labute approximate surface area is 62.3 Å². The third-order valence-corrected chi connectivity index (χ3v) is 2.32. The van der Waals surface area contributed by atoms with Crippen LogP contribution in [0.1, 0.15) is 0 Å². The molecule has 0 aromatic heterocycles. The zero-order chi connectivity index (χ0) is 7.56. The lowest BCUT2D eigenvalue weighted by Gasteiger charge is -2.13. The van der Waals surface area contributed by atoms with Crippen LogP contribution in [0.5, 0.6) is 0 Å². The molecule has 2 N–H and O–H groups in total. The first-order valence-corrected chi connectivity index (χ1v) is 4.04. The fourth-order valence-corrected chi connectivity index (χ4v) is 1.44. The Kier molecular flexibility index (Phi) is 2.81. The van der Waals surface area contributed by atoms with Gasteiger partial charge in [-0.15, -0.1) is 0 Å². The van der Waals surface area contributed by atoms with Crippen LogP contribution in [-0.2, 0) is 9.16 Å². The van der Waals surface area contributed by atoms with Crippen molar-refractivity contribution < 1.29 is 19.4 Å². The number of aliphatic hydroxyl groups excluding tert-OH is 2. The molecule has 3 atom stereocenters. The molecule has 1 saturated heterocycles. The molecule has 10 heavy (non-hydrogen) atoms. The first kappa shape index (κ1) is 8.16. The van der Waals surface area contributed by atoms with Crippen molar-refractivity contribution in [1.82, 2.24) is 0 Å². The summed E-state index contributed by atoms with van der Waals surface area (Å²) in [5.74, 6) is 0. The van der Waals surface area contributed by atoms with Gasteiger partial charge >= 0.3 is 0 Å². The van der Waals surface area contributed by atoms with Gasteiger partial charge in [-0.2, -0.15) is 0 Å². The van der Waals surface area contributed by atoms with Gasteiger partial charge < -0.3 is 19.4 Å². The Morgan fingerprint density at radius 2 is 2.40 bits per heavy atom. The lowest BCUT2D eigenvalue weighted by molar-refractivity contribution is -0.00271. The second-order valence-electron chi connectivity index (χ2n) is 2.32. The first-order valence-electron chi connectivity index (χ1n) is 3.23. The minimum atomic E-state index is -0.650. The van der Waals surface area contributed by atoms with Gasteiger partial charge in [0.05, 0.1) is 19.3 Å². The molecular weight excluding hydrogens is 152 g/mol. The van der Waals surface area contributed by atoms with Gasteiger partial charge in [0, 0.05) is 0 Å². The Hall–Kier alpha value is 0.0569. The number of rotatable bonds is 2. The highest BCUT2D eigenvalue weighted by atomic mass is 28.2. The average molecular weight is 164 g/mol. The van der Waals surface area contributed by atoms with Gasteiger partial charge in [0.1, 0.15) is 22.7 Å². The van der Waals surface area contributed by atoms with Crippen LogP contribution in [0.25, 0.3) is 0 Å². The zero-order valence-electron chi connectivity index (χ0n) is 5.86. The predicted octanol–water partition coefficient (Wildman–Crippen LogP) is -2.60. The van der Waals surface area contributed by atoms with Gasteiger partial charge in [-0.25, -0.2) is 0 Å². The largest absolute Gasteiger partial charge is 0.420 e. The van der Waals surface area contributed by atoms with Crippen molar-refractivity contribution in [3.63, 3.8) is 0 Å². The van der Waals surface area contributed by atoms with Crippen molar-refractivity contribution in [1.29, 1.82) is 0 Å². The molecule has 0 aromatic rings. The molecule has 0 unspecified atom stereocenters. The summed E-state index contributed by atoms with van der Waals surface area (Å²) >= 11 is 0. The first-order chi connectivity index (χ1) is 4.79. The summed E-state index contributed by atoms with van der Waals surface area (Å²) in [5, 5.41) is 17.9. The normalized spacial score (nSPS) is 40.8. The molecule has 0 saturated carbocycles. The van der Waals surface area contributed by atoms with Gasteiger partial charge in [-0.1, -0.05) is 0 Å². The van der Waals surface area contributed by atoms with Crippen molar-refractivity contribution >= 4 is 10.5 Å². The summed E-state index contributed by atoms with van der Waals surface area (Å²) in [6.07, 6.45) is -1.31. The highest BCUT2D eigenvalue weighted by molar-refractivity contribution is 5.98. The Balaban J connectivity index is 2.41. The van der Waals surface area contributed by atoms with Crippen LogP contribution in [0.2, 0.25) is 0 Å². The summed E-state index contributed by atoms with van der Waals surface area (Å²) in [6.45, 7) is 0.262. The zero-order valence-corrected chi connectivity index (χ0v) is 7.86. The maximum atomic E-state index is 9.26. The molecule has 1 rings (SSSR count). The summed E-state index contributed by atoms with van der Waals surface area (Å²) < 4.78 is 10.0. The van der Waals surface area contributed by atoms with Gasteiger partial charge in [0.15, 0.2) is 0 Å². The number of ether oxygens (including phenoxy) is 1. The molecule has 5 heteroatoms. The molecule has 1 heterocycles. The Bertz CT molecular complexity index is 97.8. The molecular formula is C5H12O4Si. The molecule has 4 nitrogen and oxygen atoms in total. The van der Waals surface area contributed by atoms with Crippen molar-refractivity contribution in [3.8, 4) is 0 Å². The Morgan fingerprint density at radius 1 is 1.70 bits per heavy atom. The smallest absolute Gasteiger partial charge is 0.146 e. The van der Waals surface area contributed by atoms with Crippen LogP contribution in [0.4, 0.5) is 0 Å². The van der Waals surface area contributed by atoms with E-state index in [2.05, 4.69) is 0 Å². The molecule has 0 amide bonds. The molecule has 0 radical (unpaired) electrons. The van der Waals surface area contributed by atoms with Crippen LogP contribution < -0.4 is 0 Å². The molecule has 0 spiro atoms. The van der Waals surface area contributed by atoms with Crippen molar-refractivity contribution in [2.45, 2.75) is 18.3 Å². The molecule has 0 aliphatic carbocycles. The maximum absolute atomic E-state index is 9.26. The van der Waals surface area contributed by atoms with E-state index in [1.54, 1.807) is 0 Å². The SMILES string of the molecule is OC[C@H]1OC[C@@H](O[SiH3])[C@@H]1O. The van der Waals surface area contributed by atoms with Crippen LogP contribution in [0, 0.1) is 0 Å². The third-order valence-electron chi connectivity index (χ3n) is 1.72. The summed E-state index contributed by atoms with van der Waals surface area (Å²) in [7, 11) is 0.592. The van der Waals surface area contributed by atoms with E-state index >= 15 is 0 Å². The summed E-state index contributed by atoms with van der Waals surface area (Å²) in [4.78, 5) is 0. The standard InChI is InChI=1S/C5H12O4Si/c6-1-3-5(7)4(9-10)2-8-3/h3-7H,1-2H2,10H3/t3-,4-,5-/m1/s1. The van der Waals surface area contributed by atoms with E-state index < -0.39 is 12.2 Å².